The Morgan fingerprint density at radius 3 is 2.82 bits per heavy atom. The van der Waals surface area contributed by atoms with Crippen LogP contribution in [0.2, 0.25) is 0 Å². The van der Waals surface area contributed by atoms with E-state index in [4.69, 9.17) is 5.11 Å². The molecule has 1 N–H and O–H groups in total. The zero-order chi connectivity index (χ0) is 12.8. The monoisotopic (exact) mass is 257 g/mol. The summed E-state index contributed by atoms with van der Waals surface area (Å²) in [6.45, 7) is 0.00315. The van der Waals surface area contributed by atoms with Crippen LogP contribution in [0.3, 0.4) is 0 Å². The van der Waals surface area contributed by atoms with Crippen LogP contribution in [0, 0.1) is 0 Å². The highest BCUT2D eigenvalue weighted by molar-refractivity contribution is 7.99. The molecule has 0 saturated heterocycles. The summed E-state index contributed by atoms with van der Waals surface area (Å²) >= 11 is 1.61. The maximum atomic E-state index is 11.3. The van der Waals surface area contributed by atoms with Crippen LogP contribution in [0.25, 0.3) is 0 Å². The molecular weight excluding hydrogens is 238 g/mol. The van der Waals surface area contributed by atoms with Gasteiger partial charge in [0.1, 0.15) is 0 Å². The van der Waals surface area contributed by atoms with Gasteiger partial charge in [0.2, 0.25) is 5.91 Å². The largest absolute Gasteiger partial charge is 0.390 e. The Hall–Kier alpha value is -1.01. The first kappa shape index (κ1) is 14.1. The molecule has 0 saturated carbocycles. The molecule has 0 fully saturated rings. The van der Waals surface area contributed by atoms with Crippen LogP contribution in [-0.2, 0) is 18.4 Å². The first-order valence-corrected chi connectivity index (χ1v) is 6.49. The minimum Gasteiger partial charge on any atom is -0.390 e. The van der Waals surface area contributed by atoms with Crippen LogP contribution in [-0.4, -0.2) is 45.3 Å². The Balaban J connectivity index is 2.31. The third kappa shape index (κ3) is 4.05. The number of nitrogens with zero attached hydrogens (tertiary/aromatic N) is 3. The zero-order valence-corrected chi connectivity index (χ0v) is 11.3. The lowest BCUT2D eigenvalue weighted by Crippen LogP contribution is -2.21. The number of aliphatic hydroxyl groups is 1. The Kier molecular flexibility index (Phi) is 5.50. The maximum Gasteiger partial charge on any atom is 0.222 e. The quantitative estimate of drug-likeness (QED) is 0.607. The SMILES string of the molecule is CN(C)C(=O)CCCSc1ncc(CO)n1C. The summed E-state index contributed by atoms with van der Waals surface area (Å²) in [4.78, 5) is 17.1. The summed E-state index contributed by atoms with van der Waals surface area (Å²) < 4.78 is 1.87. The minimum atomic E-state index is 0.00315. The number of thioether (sulfide) groups is 1. The standard InChI is InChI=1S/C11H19N3O2S/c1-13(2)10(16)5-4-6-17-11-12-7-9(8-15)14(11)3/h7,15H,4-6,8H2,1-3H3. The minimum absolute atomic E-state index is 0.00315. The van der Waals surface area contributed by atoms with Crippen LogP contribution in [0.4, 0.5) is 0 Å². The molecule has 6 heteroatoms. The predicted octanol–water partition coefficient (Wildman–Crippen LogP) is 0.873. The fraction of sp³-hybridized carbons (Fsp3) is 0.636. The van der Waals surface area contributed by atoms with Crippen molar-refractivity contribution in [2.45, 2.75) is 24.6 Å². The summed E-state index contributed by atoms with van der Waals surface area (Å²) in [5.74, 6) is 1.01. The topological polar surface area (TPSA) is 58.4 Å². The number of imidazole rings is 1. The molecule has 0 bridgehead atoms. The first-order valence-electron chi connectivity index (χ1n) is 5.50. The van der Waals surface area contributed by atoms with Crippen molar-refractivity contribution in [3.8, 4) is 0 Å². The van der Waals surface area contributed by atoms with Crippen molar-refractivity contribution in [3.63, 3.8) is 0 Å². The van der Waals surface area contributed by atoms with Gasteiger partial charge in [-0.05, 0) is 6.42 Å². The molecule has 0 spiro atoms. The number of hydrogen-bond donors (Lipinski definition) is 1. The summed E-state index contributed by atoms with van der Waals surface area (Å²) in [6.07, 6.45) is 3.08. The molecule has 1 amide bonds. The van der Waals surface area contributed by atoms with Crippen molar-refractivity contribution in [3.05, 3.63) is 11.9 Å². The van der Waals surface area contributed by atoms with Crippen molar-refractivity contribution in [1.29, 1.82) is 0 Å². The van der Waals surface area contributed by atoms with Gasteiger partial charge in [0.05, 0.1) is 18.5 Å². The Morgan fingerprint density at radius 1 is 1.59 bits per heavy atom. The molecule has 17 heavy (non-hydrogen) atoms. The molecule has 0 radical (unpaired) electrons. The van der Waals surface area contributed by atoms with Crippen LogP contribution < -0.4 is 0 Å². The highest BCUT2D eigenvalue weighted by Gasteiger charge is 2.07. The van der Waals surface area contributed by atoms with Gasteiger partial charge in [0.15, 0.2) is 5.16 Å². The van der Waals surface area contributed by atoms with Gasteiger partial charge in [0.25, 0.3) is 0 Å². The molecule has 0 aliphatic carbocycles. The van der Waals surface area contributed by atoms with E-state index in [0.29, 0.717) is 6.42 Å². The molecule has 0 aliphatic heterocycles. The first-order chi connectivity index (χ1) is 8.06. The smallest absolute Gasteiger partial charge is 0.222 e. The van der Waals surface area contributed by atoms with Crippen molar-refractivity contribution in [1.82, 2.24) is 14.5 Å². The van der Waals surface area contributed by atoms with Crippen LogP contribution in [0.15, 0.2) is 11.4 Å². The van der Waals surface area contributed by atoms with E-state index < -0.39 is 0 Å². The fourth-order valence-electron chi connectivity index (χ4n) is 1.32. The van der Waals surface area contributed by atoms with Gasteiger partial charge in [-0.25, -0.2) is 4.98 Å². The molecule has 1 rings (SSSR count). The number of carbonyl (C=O) groups excluding carboxylic acids is 1. The number of aliphatic hydroxyl groups excluding tert-OH is 1. The Labute approximate surface area is 106 Å². The van der Waals surface area contributed by atoms with E-state index in [1.807, 2.05) is 11.6 Å². The molecule has 5 nitrogen and oxygen atoms in total. The van der Waals surface area contributed by atoms with Crippen molar-refractivity contribution in [2.24, 2.45) is 7.05 Å². The van der Waals surface area contributed by atoms with E-state index in [1.165, 1.54) is 0 Å². The van der Waals surface area contributed by atoms with E-state index in [9.17, 15) is 4.79 Å². The summed E-state index contributed by atoms with van der Waals surface area (Å²) in [5, 5.41) is 9.90. The molecule has 0 aliphatic rings. The summed E-state index contributed by atoms with van der Waals surface area (Å²) in [6, 6.07) is 0. The molecular formula is C11H19N3O2S. The number of amides is 1. The van der Waals surface area contributed by atoms with E-state index in [2.05, 4.69) is 4.98 Å². The normalized spacial score (nSPS) is 10.6. The van der Waals surface area contributed by atoms with Crippen LogP contribution in [0.5, 0.6) is 0 Å². The number of aromatic nitrogens is 2. The van der Waals surface area contributed by atoms with Gasteiger partial charge in [-0.15, -0.1) is 0 Å². The number of carbonyl (C=O) groups is 1. The number of hydrogen-bond acceptors (Lipinski definition) is 4. The van der Waals surface area contributed by atoms with Gasteiger partial charge >= 0.3 is 0 Å². The molecule has 0 unspecified atom stereocenters. The molecule has 0 atom stereocenters. The predicted molar refractivity (Wildman–Crippen MR) is 67.8 cm³/mol. The van der Waals surface area contributed by atoms with E-state index in [1.54, 1.807) is 37.0 Å². The average Bonchev–Trinajstić information content (AvgIpc) is 2.65. The van der Waals surface area contributed by atoms with Crippen molar-refractivity contribution >= 4 is 17.7 Å². The van der Waals surface area contributed by atoms with E-state index >= 15 is 0 Å². The molecule has 1 aromatic rings. The summed E-state index contributed by atoms with van der Waals surface area (Å²) in [7, 11) is 5.41. The third-order valence-electron chi connectivity index (χ3n) is 2.47. The fourth-order valence-corrected chi connectivity index (χ4v) is 2.23. The van der Waals surface area contributed by atoms with E-state index in [-0.39, 0.29) is 12.5 Å². The molecule has 96 valence electrons. The lowest BCUT2D eigenvalue weighted by atomic mass is 10.3. The average molecular weight is 257 g/mol. The van der Waals surface area contributed by atoms with Crippen molar-refractivity contribution in [2.75, 3.05) is 19.8 Å². The Bertz CT molecular complexity index is 377. The third-order valence-corrected chi connectivity index (χ3v) is 3.60. The molecule has 1 heterocycles. The lowest BCUT2D eigenvalue weighted by Gasteiger charge is -2.09. The van der Waals surface area contributed by atoms with Crippen LogP contribution in [0.1, 0.15) is 18.5 Å². The Morgan fingerprint density at radius 2 is 2.29 bits per heavy atom. The maximum absolute atomic E-state index is 11.3. The van der Waals surface area contributed by atoms with Crippen LogP contribution >= 0.6 is 11.8 Å². The lowest BCUT2D eigenvalue weighted by molar-refractivity contribution is -0.128. The second-order valence-electron chi connectivity index (χ2n) is 3.99. The van der Waals surface area contributed by atoms with Gasteiger partial charge < -0.3 is 14.6 Å². The molecule has 1 aromatic heterocycles. The highest BCUT2D eigenvalue weighted by Crippen LogP contribution is 2.18. The molecule has 0 aromatic carbocycles. The van der Waals surface area contributed by atoms with Gasteiger partial charge in [-0.3, -0.25) is 4.79 Å². The van der Waals surface area contributed by atoms with Gasteiger partial charge in [-0.2, -0.15) is 0 Å². The second-order valence-corrected chi connectivity index (χ2v) is 5.05. The highest BCUT2D eigenvalue weighted by atomic mass is 32.2. The van der Waals surface area contributed by atoms with Gasteiger partial charge in [-0.1, -0.05) is 11.8 Å². The second kappa shape index (κ2) is 6.66. The zero-order valence-electron chi connectivity index (χ0n) is 10.5. The van der Waals surface area contributed by atoms with Gasteiger partial charge in [0, 0.05) is 33.3 Å². The number of rotatable bonds is 6. The summed E-state index contributed by atoms with van der Waals surface area (Å²) in [5.41, 5.74) is 0.803. The van der Waals surface area contributed by atoms with E-state index in [0.717, 1.165) is 23.0 Å². The van der Waals surface area contributed by atoms with Crippen molar-refractivity contribution < 1.29 is 9.90 Å².